The molecule has 2 saturated heterocycles. The summed E-state index contributed by atoms with van der Waals surface area (Å²) in [5.41, 5.74) is 1.46. The molecule has 0 bridgehead atoms. The van der Waals surface area contributed by atoms with Crippen molar-refractivity contribution < 1.29 is 18.4 Å². The third kappa shape index (κ3) is 4.45. The summed E-state index contributed by atoms with van der Waals surface area (Å²) in [5.74, 6) is -1.60. The van der Waals surface area contributed by atoms with Crippen molar-refractivity contribution in [3.63, 3.8) is 0 Å². The molecule has 152 valence electrons. The first-order chi connectivity index (χ1) is 14.0. The third-order valence-electron chi connectivity index (χ3n) is 5.63. The normalized spacial score (nSPS) is 20.0. The minimum absolute atomic E-state index is 0.0116. The van der Waals surface area contributed by atoms with Gasteiger partial charge < -0.3 is 10.2 Å². The fraction of sp³-hybridized carbons (Fsp3) is 0.364. The molecule has 2 aromatic carbocycles. The molecule has 29 heavy (non-hydrogen) atoms. The van der Waals surface area contributed by atoms with Crippen LogP contribution in [0.3, 0.4) is 0 Å². The van der Waals surface area contributed by atoms with E-state index in [1.54, 1.807) is 4.90 Å². The monoisotopic (exact) mass is 399 g/mol. The van der Waals surface area contributed by atoms with Gasteiger partial charge in [-0.2, -0.15) is 0 Å². The summed E-state index contributed by atoms with van der Waals surface area (Å²) in [6, 6.07) is 13.3. The number of nitrogens with one attached hydrogen (secondary N) is 1. The fourth-order valence-corrected chi connectivity index (χ4v) is 3.95. The van der Waals surface area contributed by atoms with E-state index in [0.29, 0.717) is 38.3 Å². The van der Waals surface area contributed by atoms with Crippen molar-refractivity contribution >= 4 is 11.8 Å². The average molecular weight is 399 g/mol. The molecule has 4 rings (SSSR count). The number of nitrogens with zero attached hydrogens (tertiary/aromatic N) is 2. The van der Waals surface area contributed by atoms with E-state index in [1.165, 1.54) is 12.1 Å². The van der Waals surface area contributed by atoms with Crippen LogP contribution in [0, 0.1) is 17.6 Å². The Morgan fingerprint density at radius 2 is 1.83 bits per heavy atom. The van der Waals surface area contributed by atoms with Crippen LogP contribution in [-0.2, 0) is 22.7 Å². The van der Waals surface area contributed by atoms with Gasteiger partial charge in [-0.15, -0.1) is 0 Å². The van der Waals surface area contributed by atoms with Gasteiger partial charge in [0.1, 0.15) is 11.6 Å². The zero-order valence-electron chi connectivity index (χ0n) is 16.0. The molecule has 2 fully saturated rings. The van der Waals surface area contributed by atoms with Crippen LogP contribution in [0.4, 0.5) is 8.78 Å². The van der Waals surface area contributed by atoms with Gasteiger partial charge >= 0.3 is 0 Å². The first-order valence-corrected chi connectivity index (χ1v) is 9.77. The SMILES string of the molecule is O=C(NCc1ccccc1)C1CC(=O)N(C2CN(Cc3ccc(F)cc3F)C2)C1. The summed E-state index contributed by atoms with van der Waals surface area (Å²) in [7, 11) is 0. The maximum Gasteiger partial charge on any atom is 0.225 e. The van der Waals surface area contributed by atoms with E-state index in [1.807, 2.05) is 35.2 Å². The smallest absolute Gasteiger partial charge is 0.225 e. The Hall–Kier alpha value is -2.80. The number of hydrogen-bond acceptors (Lipinski definition) is 3. The lowest BCUT2D eigenvalue weighted by Crippen LogP contribution is -2.59. The summed E-state index contributed by atoms with van der Waals surface area (Å²) in [4.78, 5) is 28.6. The van der Waals surface area contributed by atoms with Crippen LogP contribution in [0.5, 0.6) is 0 Å². The lowest BCUT2D eigenvalue weighted by Gasteiger charge is -2.44. The minimum Gasteiger partial charge on any atom is -0.352 e. The fourth-order valence-electron chi connectivity index (χ4n) is 3.95. The predicted molar refractivity (Wildman–Crippen MR) is 104 cm³/mol. The Kier molecular flexibility index (Phi) is 5.58. The highest BCUT2D eigenvalue weighted by Crippen LogP contribution is 2.26. The van der Waals surface area contributed by atoms with Crippen molar-refractivity contribution in [2.45, 2.75) is 25.6 Å². The highest BCUT2D eigenvalue weighted by Gasteiger charge is 2.42. The van der Waals surface area contributed by atoms with E-state index in [2.05, 4.69) is 5.32 Å². The van der Waals surface area contributed by atoms with Crippen molar-refractivity contribution in [1.29, 1.82) is 0 Å². The van der Waals surface area contributed by atoms with E-state index in [-0.39, 0.29) is 30.2 Å². The number of rotatable bonds is 6. The van der Waals surface area contributed by atoms with Gasteiger partial charge in [0.25, 0.3) is 0 Å². The van der Waals surface area contributed by atoms with Crippen LogP contribution in [0.15, 0.2) is 48.5 Å². The van der Waals surface area contributed by atoms with E-state index in [9.17, 15) is 18.4 Å². The van der Waals surface area contributed by atoms with Gasteiger partial charge in [0.15, 0.2) is 0 Å². The van der Waals surface area contributed by atoms with Gasteiger partial charge in [-0.25, -0.2) is 8.78 Å². The highest BCUT2D eigenvalue weighted by atomic mass is 19.1. The molecule has 0 radical (unpaired) electrons. The van der Waals surface area contributed by atoms with Gasteiger partial charge in [-0.05, 0) is 11.6 Å². The van der Waals surface area contributed by atoms with Crippen LogP contribution >= 0.6 is 0 Å². The topological polar surface area (TPSA) is 52.7 Å². The van der Waals surface area contributed by atoms with Crippen LogP contribution in [-0.4, -0.2) is 47.3 Å². The van der Waals surface area contributed by atoms with Crippen molar-refractivity contribution in [1.82, 2.24) is 15.1 Å². The maximum absolute atomic E-state index is 13.8. The molecule has 2 aliphatic heterocycles. The predicted octanol–water partition coefficient (Wildman–Crippen LogP) is 2.31. The molecule has 1 N–H and O–H groups in total. The second-order valence-corrected chi connectivity index (χ2v) is 7.73. The summed E-state index contributed by atoms with van der Waals surface area (Å²) < 4.78 is 26.8. The summed E-state index contributed by atoms with van der Waals surface area (Å²) >= 11 is 0. The number of halogens is 2. The zero-order chi connectivity index (χ0) is 20.4. The van der Waals surface area contributed by atoms with E-state index in [4.69, 9.17) is 0 Å². The van der Waals surface area contributed by atoms with E-state index in [0.717, 1.165) is 11.6 Å². The summed E-state index contributed by atoms with van der Waals surface area (Å²) in [6.45, 7) is 2.50. The Morgan fingerprint density at radius 1 is 1.07 bits per heavy atom. The molecule has 2 aromatic rings. The zero-order valence-corrected chi connectivity index (χ0v) is 16.0. The molecule has 1 unspecified atom stereocenters. The Labute approximate surface area is 168 Å². The van der Waals surface area contributed by atoms with Crippen LogP contribution < -0.4 is 5.32 Å². The molecule has 5 nitrogen and oxygen atoms in total. The summed E-state index contributed by atoms with van der Waals surface area (Å²) in [5, 5.41) is 2.91. The maximum atomic E-state index is 13.8. The quantitative estimate of drug-likeness (QED) is 0.811. The first-order valence-electron chi connectivity index (χ1n) is 9.77. The molecule has 2 amide bonds. The van der Waals surface area contributed by atoms with Gasteiger partial charge in [-0.3, -0.25) is 14.5 Å². The molecule has 2 aliphatic rings. The molecule has 0 aliphatic carbocycles. The number of hydrogen-bond donors (Lipinski definition) is 1. The minimum atomic E-state index is -0.591. The first kappa shape index (κ1) is 19.5. The van der Waals surface area contributed by atoms with E-state index >= 15 is 0 Å². The molecule has 2 heterocycles. The molecule has 0 saturated carbocycles. The van der Waals surface area contributed by atoms with Crippen molar-refractivity contribution in [3.05, 3.63) is 71.3 Å². The van der Waals surface area contributed by atoms with Crippen molar-refractivity contribution in [2.75, 3.05) is 19.6 Å². The molecule has 7 heteroatoms. The highest BCUT2D eigenvalue weighted by molar-refractivity contribution is 5.89. The van der Waals surface area contributed by atoms with Gasteiger partial charge in [0.05, 0.1) is 12.0 Å². The standard InChI is InChI=1S/C22H23F2N3O2/c23-18-7-6-16(20(24)9-18)11-26-13-19(14-26)27-12-17(8-21(27)28)22(29)25-10-15-4-2-1-3-5-15/h1-7,9,17,19H,8,10-14H2,(H,25,29). The number of benzene rings is 2. The molecule has 0 spiro atoms. The van der Waals surface area contributed by atoms with Crippen LogP contribution in [0.2, 0.25) is 0 Å². The molecular weight excluding hydrogens is 376 g/mol. The van der Waals surface area contributed by atoms with Crippen LogP contribution in [0.1, 0.15) is 17.5 Å². The van der Waals surface area contributed by atoms with Gasteiger partial charge in [0.2, 0.25) is 11.8 Å². The molecular formula is C22H23F2N3O2. The Bertz CT molecular complexity index is 900. The second-order valence-electron chi connectivity index (χ2n) is 7.73. The largest absolute Gasteiger partial charge is 0.352 e. The van der Waals surface area contributed by atoms with Crippen molar-refractivity contribution in [3.8, 4) is 0 Å². The van der Waals surface area contributed by atoms with Gasteiger partial charge in [-0.1, -0.05) is 36.4 Å². The van der Waals surface area contributed by atoms with Crippen LogP contribution in [0.25, 0.3) is 0 Å². The number of carbonyl (C=O) groups is 2. The molecule has 1 atom stereocenters. The summed E-state index contributed by atoms with van der Waals surface area (Å²) in [6.07, 6.45) is 0.226. The number of carbonyl (C=O) groups excluding carboxylic acids is 2. The lowest BCUT2D eigenvalue weighted by molar-refractivity contribution is -0.133. The Morgan fingerprint density at radius 3 is 2.55 bits per heavy atom. The second kappa shape index (κ2) is 8.29. The average Bonchev–Trinajstić information content (AvgIpc) is 3.06. The number of amides is 2. The van der Waals surface area contributed by atoms with E-state index < -0.39 is 11.6 Å². The number of likely N-dealkylation sites (tertiary alicyclic amines) is 2. The lowest BCUT2D eigenvalue weighted by atomic mass is 10.0. The Balaban J connectivity index is 1.25. The van der Waals surface area contributed by atoms with Crippen molar-refractivity contribution in [2.24, 2.45) is 5.92 Å². The third-order valence-corrected chi connectivity index (χ3v) is 5.63. The molecule has 0 aromatic heterocycles. The van der Waals surface area contributed by atoms with Gasteiger partial charge in [0, 0.05) is 50.8 Å².